The lowest BCUT2D eigenvalue weighted by Crippen LogP contribution is -2.54. The SMILES string of the molecule is COC(=O)[C@H]1C[C@H]2C=C[C@]1(Cl)C(=O)O2. The highest BCUT2D eigenvalue weighted by atomic mass is 35.5. The van der Waals surface area contributed by atoms with Gasteiger partial charge in [0, 0.05) is 6.42 Å². The quantitative estimate of drug-likeness (QED) is 0.367. The molecule has 0 N–H and O–H groups in total. The summed E-state index contributed by atoms with van der Waals surface area (Å²) in [6, 6.07) is 0. The highest BCUT2D eigenvalue weighted by Gasteiger charge is 2.55. The van der Waals surface area contributed by atoms with Gasteiger partial charge in [0.2, 0.25) is 0 Å². The molecule has 2 heterocycles. The number of hydrogen-bond donors (Lipinski definition) is 0. The van der Waals surface area contributed by atoms with Gasteiger partial charge in [0.1, 0.15) is 6.10 Å². The topological polar surface area (TPSA) is 52.6 Å². The van der Waals surface area contributed by atoms with Gasteiger partial charge in [0.25, 0.3) is 0 Å². The molecule has 1 saturated heterocycles. The van der Waals surface area contributed by atoms with E-state index in [2.05, 4.69) is 4.74 Å². The third-order valence-electron chi connectivity index (χ3n) is 2.59. The monoisotopic (exact) mass is 216 g/mol. The van der Waals surface area contributed by atoms with Crippen LogP contribution in [0.25, 0.3) is 0 Å². The van der Waals surface area contributed by atoms with E-state index >= 15 is 0 Å². The Morgan fingerprint density at radius 1 is 1.79 bits per heavy atom. The van der Waals surface area contributed by atoms with Crippen LogP contribution in [0.1, 0.15) is 6.42 Å². The van der Waals surface area contributed by atoms with Crippen LogP contribution in [0.4, 0.5) is 0 Å². The second kappa shape index (κ2) is 2.98. The number of fused-ring (bicyclic) bond motifs is 2. The molecule has 5 heteroatoms. The van der Waals surface area contributed by atoms with Crippen LogP contribution >= 0.6 is 11.6 Å². The standard InChI is InChI=1S/C9H9ClO4/c1-13-7(11)6-4-5-2-3-9(6,10)8(12)14-5/h2-3,5-6H,4H2,1H3/t5-,6-,9-/m1/s1. The lowest BCUT2D eigenvalue weighted by atomic mass is 9.79. The summed E-state index contributed by atoms with van der Waals surface area (Å²) in [6.45, 7) is 0. The van der Waals surface area contributed by atoms with Crippen molar-refractivity contribution < 1.29 is 19.1 Å². The highest BCUT2D eigenvalue weighted by molar-refractivity contribution is 6.37. The van der Waals surface area contributed by atoms with Crippen LogP contribution in [0.5, 0.6) is 0 Å². The average molecular weight is 217 g/mol. The van der Waals surface area contributed by atoms with E-state index in [1.807, 2.05) is 0 Å². The second-order valence-electron chi connectivity index (χ2n) is 3.38. The van der Waals surface area contributed by atoms with Crippen molar-refractivity contribution in [1.82, 2.24) is 0 Å². The third kappa shape index (κ3) is 1.14. The molecule has 0 spiro atoms. The van der Waals surface area contributed by atoms with Crippen molar-refractivity contribution in [2.24, 2.45) is 5.92 Å². The summed E-state index contributed by atoms with van der Waals surface area (Å²) in [5.41, 5.74) is 0. The molecule has 2 bridgehead atoms. The average Bonchev–Trinajstić information content (AvgIpc) is 2.18. The first-order valence-electron chi connectivity index (χ1n) is 4.25. The fourth-order valence-corrected chi connectivity index (χ4v) is 2.08. The first-order chi connectivity index (χ1) is 6.58. The Hall–Kier alpha value is -1.03. The van der Waals surface area contributed by atoms with Crippen LogP contribution in [0.2, 0.25) is 0 Å². The van der Waals surface area contributed by atoms with Crippen LogP contribution < -0.4 is 0 Å². The summed E-state index contributed by atoms with van der Waals surface area (Å²) >= 11 is 6.03. The number of rotatable bonds is 1. The number of carbonyl (C=O) groups is 2. The lowest BCUT2D eigenvalue weighted by Gasteiger charge is -2.40. The minimum atomic E-state index is -1.36. The molecule has 0 aromatic heterocycles. The Balaban J connectivity index is 2.35. The Labute approximate surface area is 85.8 Å². The third-order valence-corrected chi connectivity index (χ3v) is 3.13. The molecule has 0 aromatic rings. The lowest BCUT2D eigenvalue weighted by molar-refractivity contribution is -0.167. The number of halogens is 1. The Bertz CT molecular complexity index is 325. The van der Waals surface area contributed by atoms with E-state index in [0.717, 1.165) is 0 Å². The Kier molecular flexibility index (Phi) is 2.03. The van der Waals surface area contributed by atoms with E-state index in [4.69, 9.17) is 16.3 Å². The predicted molar refractivity (Wildman–Crippen MR) is 47.7 cm³/mol. The zero-order valence-electron chi connectivity index (χ0n) is 7.53. The fraction of sp³-hybridized carbons (Fsp3) is 0.556. The van der Waals surface area contributed by atoms with E-state index in [1.165, 1.54) is 13.2 Å². The molecule has 0 unspecified atom stereocenters. The van der Waals surface area contributed by atoms with Crippen molar-refractivity contribution in [3.05, 3.63) is 12.2 Å². The van der Waals surface area contributed by atoms with E-state index in [-0.39, 0.29) is 6.10 Å². The molecule has 2 aliphatic heterocycles. The zero-order valence-corrected chi connectivity index (χ0v) is 8.28. The van der Waals surface area contributed by atoms with Crippen molar-refractivity contribution in [2.45, 2.75) is 17.4 Å². The minimum Gasteiger partial charge on any atom is -0.469 e. The van der Waals surface area contributed by atoms with Gasteiger partial charge in [-0.2, -0.15) is 0 Å². The number of methoxy groups -OCH3 is 1. The number of alkyl halides is 1. The van der Waals surface area contributed by atoms with Gasteiger partial charge in [-0.25, -0.2) is 4.79 Å². The largest absolute Gasteiger partial charge is 0.469 e. The molecular formula is C9H9ClO4. The summed E-state index contributed by atoms with van der Waals surface area (Å²) < 4.78 is 9.54. The molecule has 4 nitrogen and oxygen atoms in total. The minimum absolute atomic E-state index is 0.341. The summed E-state index contributed by atoms with van der Waals surface area (Å²) in [6.07, 6.45) is 3.29. The normalized spacial score (nSPS) is 39.4. The molecule has 1 fully saturated rings. The van der Waals surface area contributed by atoms with Crippen LogP contribution in [0, 0.1) is 5.92 Å². The van der Waals surface area contributed by atoms with Gasteiger partial charge in [-0.1, -0.05) is 6.08 Å². The van der Waals surface area contributed by atoms with Gasteiger partial charge in [0.05, 0.1) is 13.0 Å². The van der Waals surface area contributed by atoms with Crippen LogP contribution in [-0.4, -0.2) is 30.0 Å². The zero-order chi connectivity index (χ0) is 10.3. The summed E-state index contributed by atoms with van der Waals surface area (Å²) in [5.74, 6) is -1.66. The molecule has 0 saturated carbocycles. The second-order valence-corrected chi connectivity index (χ2v) is 4.01. The van der Waals surface area contributed by atoms with Crippen LogP contribution in [-0.2, 0) is 19.1 Å². The molecule has 1 aliphatic carbocycles. The first-order valence-corrected chi connectivity index (χ1v) is 4.63. The number of ether oxygens (including phenoxy) is 2. The molecular weight excluding hydrogens is 208 g/mol. The van der Waals surface area contributed by atoms with Gasteiger partial charge in [-0.05, 0) is 6.08 Å². The fourth-order valence-electron chi connectivity index (χ4n) is 1.78. The van der Waals surface area contributed by atoms with Crippen molar-refractivity contribution >= 4 is 23.5 Å². The van der Waals surface area contributed by atoms with Gasteiger partial charge < -0.3 is 9.47 Å². The Morgan fingerprint density at radius 3 is 3.07 bits per heavy atom. The summed E-state index contributed by atoms with van der Waals surface area (Å²) in [7, 11) is 1.28. The maximum atomic E-state index is 11.4. The van der Waals surface area contributed by atoms with E-state index < -0.39 is 22.7 Å². The van der Waals surface area contributed by atoms with Gasteiger partial charge in [-0.3, -0.25) is 4.79 Å². The van der Waals surface area contributed by atoms with Crippen LogP contribution in [0.15, 0.2) is 12.2 Å². The van der Waals surface area contributed by atoms with Gasteiger partial charge in [-0.15, -0.1) is 11.6 Å². The van der Waals surface area contributed by atoms with E-state index in [1.54, 1.807) is 6.08 Å². The summed E-state index contributed by atoms with van der Waals surface area (Å²) in [5, 5.41) is 0. The van der Waals surface area contributed by atoms with Crippen LogP contribution in [0.3, 0.4) is 0 Å². The molecule has 0 amide bonds. The number of esters is 2. The first kappa shape index (κ1) is 9.52. The van der Waals surface area contributed by atoms with E-state index in [9.17, 15) is 9.59 Å². The molecule has 3 aliphatic rings. The Morgan fingerprint density at radius 2 is 2.50 bits per heavy atom. The highest BCUT2D eigenvalue weighted by Crippen LogP contribution is 2.42. The molecule has 76 valence electrons. The van der Waals surface area contributed by atoms with E-state index in [0.29, 0.717) is 6.42 Å². The molecule has 3 atom stereocenters. The van der Waals surface area contributed by atoms with Gasteiger partial charge >= 0.3 is 11.9 Å². The molecule has 14 heavy (non-hydrogen) atoms. The molecule has 0 aromatic carbocycles. The number of carbonyl (C=O) groups excluding carboxylic acids is 2. The van der Waals surface area contributed by atoms with Crippen molar-refractivity contribution in [1.29, 1.82) is 0 Å². The van der Waals surface area contributed by atoms with Crippen molar-refractivity contribution in [3.63, 3.8) is 0 Å². The number of hydrogen-bond acceptors (Lipinski definition) is 4. The molecule has 0 radical (unpaired) electrons. The van der Waals surface area contributed by atoms with Gasteiger partial charge in [0.15, 0.2) is 4.87 Å². The smallest absolute Gasteiger partial charge is 0.332 e. The van der Waals surface area contributed by atoms with Crippen molar-refractivity contribution in [2.75, 3.05) is 7.11 Å². The summed E-state index contributed by atoms with van der Waals surface area (Å²) in [4.78, 5) is 21.4. The predicted octanol–water partition coefficient (Wildman–Crippen LogP) is 0.638. The maximum absolute atomic E-state index is 11.4. The maximum Gasteiger partial charge on any atom is 0.332 e. The van der Waals surface area contributed by atoms with Crippen molar-refractivity contribution in [3.8, 4) is 0 Å². The molecule has 3 rings (SSSR count).